The molecule has 100 valence electrons. The van der Waals surface area contributed by atoms with E-state index in [1.165, 1.54) is 0 Å². The summed E-state index contributed by atoms with van der Waals surface area (Å²) in [5, 5.41) is 7.54. The van der Waals surface area contributed by atoms with Crippen LogP contribution < -0.4 is 10.1 Å². The lowest BCUT2D eigenvalue weighted by Crippen LogP contribution is -2.24. The highest BCUT2D eigenvalue weighted by molar-refractivity contribution is 5.39. The number of rotatable bonds is 3. The van der Waals surface area contributed by atoms with Gasteiger partial charge >= 0.3 is 6.61 Å². The normalized spacial score (nSPS) is 17.9. The minimum absolute atomic E-state index is 0.131. The quantitative estimate of drug-likeness (QED) is 0.927. The van der Waals surface area contributed by atoms with Crippen LogP contribution in [0.1, 0.15) is 18.0 Å². The van der Waals surface area contributed by atoms with Gasteiger partial charge in [-0.05, 0) is 24.1 Å². The third-order valence-electron chi connectivity index (χ3n) is 3.18. The molecule has 1 aliphatic rings. The maximum atomic E-state index is 12.1. The molecule has 0 aliphatic carbocycles. The number of anilines is 1. The lowest BCUT2D eigenvalue weighted by atomic mass is 10.0. The molecule has 19 heavy (non-hydrogen) atoms. The second-order valence-electron chi connectivity index (χ2n) is 4.34. The standard InChI is InChI=1S/C13H13F2N3O/c14-13(15)19-10-3-1-9(2-4-10)11-5-7-16-12-6-8-17-18(11)12/h1-4,6,8,11,13,16H,5,7H2. The van der Waals surface area contributed by atoms with Gasteiger partial charge in [-0.15, -0.1) is 0 Å². The Morgan fingerprint density at radius 3 is 2.79 bits per heavy atom. The molecule has 4 nitrogen and oxygen atoms in total. The molecule has 1 aliphatic heterocycles. The lowest BCUT2D eigenvalue weighted by molar-refractivity contribution is -0.0498. The van der Waals surface area contributed by atoms with Crippen molar-refractivity contribution in [2.45, 2.75) is 19.1 Å². The first-order chi connectivity index (χ1) is 9.24. The number of benzene rings is 1. The number of aromatic nitrogens is 2. The van der Waals surface area contributed by atoms with Gasteiger partial charge in [-0.25, -0.2) is 4.68 Å². The highest BCUT2D eigenvalue weighted by Crippen LogP contribution is 2.29. The minimum Gasteiger partial charge on any atom is -0.435 e. The van der Waals surface area contributed by atoms with Crippen LogP contribution in [-0.4, -0.2) is 22.9 Å². The SMILES string of the molecule is FC(F)Oc1ccc(C2CCNc3ccnn32)cc1. The largest absolute Gasteiger partial charge is 0.435 e. The lowest BCUT2D eigenvalue weighted by Gasteiger charge is -2.26. The third-order valence-corrected chi connectivity index (χ3v) is 3.18. The first-order valence-corrected chi connectivity index (χ1v) is 6.06. The molecular formula is C13H13F2N3O. The van der Waals surface area contributed by atoms with E-state index in [-0.39, 0.29) is 11.8 Å². The second-order valence-corrected chi connectivity index (χ2v) is 4.34. The maximum absolute atomic E-state index is 12.1. The van der Waals surface area contributed by atoms with E-state index in [0.29, 0.717) is 0 Å². The Balaban J connectivity index is 1.84. The molecule has 1 aromatic carbocycles. The summed E-state index contributed by atoms with van der Waals surface area (Å²) < 4.78 is 30.4. The molecule has 0 bridgehead atoms. The van der Waals surface area contributed by atoms with Crippen molar-refractivity contribution in [1.82, 2.24) is 9.78 Å². The molecule has 1 aromatic heterocycles. The Labute approximate surface area is 109 Å². The van der Waals surface area contributed by atoms with Gasteiger partial charge in [-0.1, -0.05) is 12.1 Å². The predicted molar refractivity (Wildman–Crippen MR) is 66.5 cm³/mol. The zero-order valence-electron chi connectivity index (χ0n) is 10.1. The van der Waals surface area contributed by atoms with Crippen LogP contribution in [0.2, 0.25) is 0 Å². The van der Waals surface area contributed by atoms with Gasteiger partial charge in [-0.3, -0.25) is 0 Å². The van der Waals surface area contributed by atoms with Gasteiger partial charge in [0.05, 0.1) is 12.2 Å². The predicted octanol–water partition coefficient (Wildman–Crippen LogP) is 2.89. The summed E-state index contributed by atoms with van der Waals surface area (Å²) >= 11 is 0. The van der Waals surface area contributed by atoms with Crippen molar-refractivity contribution in [2.24, 2.45) is 0 Å². The summed E-state index contributed by atoms with van der Waals surface area (Å²) in [4.78, 5) is 0. The topological polar surface area (TPSA) is 39.1 Å². The fourth-order valence-electron chi connectivity index (χ4n) is 2.34. The van der Waals surface area contributed by atoms with Gasteiger partial charge in [0.1, 0.15) is 11.6 Å². The Hall–Kier alpha value is -2.11. The Kier molecular flexibility index (Phi) is 3.06. The molecule has 0 radical (unpaired) electrons. The fraction of sp³-hybridized carbons (Fsp3) is 0.308. The van der Waals surface area contributed by atoms with Crippen molar-refractivity contribution in [3.8, 4) is 5.75 Å². The molecule has 0 fully saturated rings. The molecule has 0 saturated heterocycles. The van der Waals surface area contributed by atoms with Gasteiger partial charge in [0, 0.05) is 12.6 Å². The summed E-state index contributed by atoms with van der Waals surface area (Å²) in [5.74, 6) is 1.15. The van der Waals surface area contributed by atoms with E-state index in [0.717, 1.165) is 24.3 Å². The highest BCUT2D eigenvalue weighted by Gasteiger charge is 2.21. The van der Waals surface area contributed by atoms with E-state index >= 15 is 0 Å². The third kappa shape index (κ3) is 2.38. The van der Waals surface area contributed by atoms with E-state index < -0.39 is 6.61 Å². The van der Waals surface area contributed by atoms with E-state index in [4.69, 9.17) is 0 Å². The molecule has 0 spiro atoms. The van der Waals surface area contributed by atoms with E-state index in [9.17, 15) is 8.78 Å². The summed E-state index contributed by atoms with van der Waals surface area (Å²) in [7, 11) is 0. The molecule has 2 aromatic rings. The molecule has 6 heteroatoms. The first-order valence-electron chi connectivity index (χ1n) is 6.06. The Morgan fingerprint density at radius 2 is 2.05 bits per heavy atom. The first kappa shape index (κ1) is 12.0. The number of alkyl halides is 2. The number of nitrogens with zero attached hydrogens (tertiary/aromatic N) is 2. The summed E-state index contributed by atoms with van der Waals surface area (Å²) in [6, 6.07) is 8.78. The van der Waals surface area contributed by atoms with Crippen LogP contribution in [0.5, 0.6) is 5.75 Å². The van der Waals surface area contributed by atoms with Crippen molar-refractivity contribution in [2.75, 3.05) is 11.9 Å². The van der Waals surface area contributed by atoms with Gasteiger partial charge < -0.3 is 10.1 Å². The van der Waals surface area contributed by atoms with E-state index in [1.807, 2.05) is 10.7 Å². The van der Waals surface area contributed by atoms with Crippen molar-refractivity contribution in [3.63, 3.8) is 0 Å². The monoisotopic (exact) mass is 265 g/mol. The van der Waals surface area contributed by atoms with Crippen LogP contribution in [0.3, 0.4) is 0 Å². The van der Waals surface area contributed by atoms with Crippen LogP contribution in [0.25, 0.3) is 0 Å². The zero-order valence-corrected chi connectivity index (χ0v) is 10.1. The summed E-state index contributed by atoms with van der Waals surface area (Å²) in [5.41, 5.74) is 1.04. The summed E-state index contributed by atoms with van der Waals surface area (Å²) in [6.07, 6.45) is 2.65. The van der Waals surface area contributed by atoms with Crippen molar-refractivity contribution in [3.05, 3.63) is 42.1 Å². The van der Waals surface area contributed by atoms with Crippen molar-refractivity contribution < 1.29 is 13.5 Å². The van der Waals surface area contributed by atoms with Crippen molar-refractivity contribution >= 4 is 5.82 Å². The molecule has 0 saturated carbocycles. The van der Waals surface area contributed by atoms with Crippen LogP contribution in [0.15, 0.2) is 36.5 Å². The van der Waals surface area contributed by atoms with Gasteiger partial charge in [0.2, 0.25) is 0 Å². The van der Waals surface area contributed by atoms with Gasteiger partial charge in [0.15, 0.2) is 0 Å². The molecule has 1 unspecified atom stereocenters. The van der Waals surface area contributed by atoms with Crippen LogP contribution in [0, 0.1) is 0 Å². The Bertz CT molecular complexity index is 553. The molecule has 3 rings (SSSR count). The van der Waals surface area contributed by atoms with E-state index in [2.05, 4.69) is 15.2 Å². The minimum atomic E-state index is -2.79. The second kappa shape index (κ2) is 4.87. The number of hydrogen-bond donors (Lipinski definition) is 1. The zero-order chi connectivity index (χ0) is 13.2. The molecular weight excluding hydrogens is 252 g/mol. The summed E-state index contributed by atoms with van der Waals surface area (Å²) in [6.45, 7) is -1.92. The number of hydrogen-bond acceptors (Lipinski definition) is 3. The Morgan fingerprint density at radius 1 is 1.26 bits per heavy atom. The smallest absolute Gasteiger partial charge is 0.387 e. The molecule has 1 atom stereocenters. The number of fused-ring (bicyclic) bond motifs is 1. The van der Waals surface area contributed by atoms with Gasteiger partial charge in [-0.2, -0.15) is 13.9 Å². The molecule has 0 amide bonds. The number of halogens is 2. The number of ether oxygens (including phenoxy) is 1. The van der Waals surface area contributed by atoms with Crippen molar-refractivity contribution in [1.29, 1.82) is 0 Å². The van der Waals surface area contributed by atoms with Crippen LogP contribution in [0.4, 0.5) is 14.6 Å². The fourth-order valence-corrected chi connectivity index (χ4v) is 2.34. The maximum Gasteiger partial charge on any atom is 0.387 e. The van der Waals surface area contributed by atoms with E-state index in [1.54, 1.807) is 30.5 Å². The average Bonchev–Trinajstić information content (AvgIpc) is 2.87. The van der Waals surface area contributed by atoms with Gasteiger partial charge in [0.25, 0.3) is 0 Å². The highest BCUT2D eigenvalue weighted by atomic mass is 19.3. The van der Waals surface area contributed by atoms with Crippen LogP contribution in [-0.2, 0) is 0 Å². The average molecular weight is 265 g/mol. The number of nitrogens with one attached hydrogen (secondary N) is 1. The molecule has 2 heterocycles. The molecule has 1 N–H and O–H groups in total. The van der Waals surface area contributed by atoms with Crippen LogP contribution >= 0.6 is 0 Å².